The van der Waals surface area contributed by atoms with Crippen LogP contribution in [-0.4, -0.2) is 42.5 Å². The van der Waals surface area contributed by atoms with Crippen LogP contribution < -0.4 is 4.74 Å². The van der Waals surface area contributed by atoms with Gasteiger partial charge in [0.25, 0.3) is 0 Å². The zero-order chi connectivity index (χ0) is 18.5. The zero-order valence-corrected chi connectivity index (χ0v) is 15.9. The minimum absolute atomic E-state index is 0.235. The number of ether oxygens (including phenoxy) is 1. The van der Waals surface area contributed by atoms with Crippen molar-refractivity contribution in [3.63, 3.8) is 0 Å². The molecule has 4 nitrogen and oxygen atoms in total. The van der Waals surface area contributed by atoms with E-state index in [1.54, 1.807) is 0 Å². The van der Waals surface area contributed by atoms with Crippen LogP contribution in [0, 0.1) is 18.3 Å². The second-order valence-corrected chi connectivity index (χ2v) is 7.23. The molecule has 1 aliphatic heterocycles. The van der Waals surface area contributed by atoms with Gasteiger partial charge >= 0.3 is 0 Å². The number of rotatable bonds is 5. The third-order valence-corrected chi connectivity index (χ3v) is 5.04. The standard InChI is InChI=1S/C22H27N3O/c1-17-7-9-19(10-8-17)16-26-21-6-4-5-20(13-21)22(14-23)25-12-11-24(3)15-18(25)2/h4-10,13,18,22H,11-12,15-16H2,1-3H3. The molecule has 3 rings (SSSR count). The van der Waals surface area contributed by atoms with Gasteiger partial charge in [-0.05, 0) is 44.2 Å². The van der Waals surface area contributed by atoms with E-state index in [2.05, 4.69) is 61.0 Å². The van der Waals surface area contributed by atoms with Crippen molar-refractivity contribution in [2.45, 2.75) is 32.5 Å². The SMILES string of the molecule is Cc1ccc(COc2cccc(C(C#N)N3CCN(C)CC3C)c2)cc1. The third-order valence-electron chi connectivity index (χ3n) is 5.04. The fraction of sp³-hybridized carbons (Fsp3) is 0.409. The van der Waals surface area contributed by atoms with Crippen molar-refractivity contribution in [1.82, 2.24) is 9.80 Å². The molecular weight excluding hydrogens is 322 g/mol. The minimum Gasteiger partial charge on any atom is -0.489 e. The van der Waals surface area contributed by atoms with Crippen LogP contribution in [0.5, 0.6) is 5.75 Å². The van der Waals surface area contributed by atoms with Crippen LogP contribution in [0.1, 0.15) is 29.7 Å². The average molecular weight is 349 g/mol. The lowest BCUT2D eigenvalue weighted by Crippen LogP contribution is -2.51. The average Bonchev–Trinajstić information content (AvgIpc) is 2.64. The summed E-state index contributed by atoms with van der Waals surface area (Å²) in [7, 11) is 2.13. The van der Waals surface area contributed by atoms with Crippen molar-refractivity contribution >= 4 is 0 Å². The number of piperazine rings is 1. The lowest BCUT2D eigenvalue weighted by molar-refractivity contribution is 0.0796. The lowest BCUT2D eigenvalue weighted by atomic mass is 10.0. The maximum Gasteiger partial charge on any atom is 0.124 e. The molecule has 0 saturated carbocycles. The molecule has 1 saturated heterocycles. The number of benzene rings is 2. The number of aryl methyl sites for hydroxylation is 1. The summed E-state index contributed by atoms with van der Waals surface area (Å²) in [4.78, 5) is 4.61. The van der Waals surface area contributed by atoms with Crippen LogP contribution in [0.15, 0.2) is 48.5 Å². The van der Waals surface area contributed by atoms with Gasteiger partial charge in [0, 0.05) is 25.7 Å². The first-order chi connectivity index (χ1) is 12.6. The van der Waals surface area contributed by atoms with Gasteiger partial charge in [0.05, 0.1) is 6.07 Å². The molecule has 2 aromatic rings. The van der Waals surface area contributed by atoms with Gasteiger partial charge in [0.15, 0.2) is 0 Å². The highest BCUT2D eigenvalue weighted by atomic mass is 16.5. The topological polar surface area (TPSA) is 39.5 Å². The molecule has 0 radical (unpaired) electrons. The van der Waals surface area contributed by atoms with Crippen LogP contribution in [0.3, 0.4) is 0 Å². The Bertz CT molecular complexity index is 766. The second-order valence-electron chi connectivity index (χ2n) is 7.23. The van der Waals surface area contributed by atoms with Gasteiger partial charge in [-0.25, -0.2) is 0 Å². The number of hydrogen-bond acceptors (Lipinski definition) is 4. The van der Waals surface area contributed by atoms with Gasteiger partial charge in [-0.15, -0.1) is 0 Å². The summed E-state index contributed by atoms with van der Waals surface area (Å²) >= 11 is 0. The summed E-state index contributed by atoms with van der Waals surface area (Å²) in [6.45, 7) is 7.69. The zero-order valence-electron chi connectivity index (χ0n) is 15.9. The van der Waals surface area contributed by atoms with Crippen LogP contribution in [0.25, 0.3) is 0 Å². The molecule has 0 amide bonds. The molecule has 0 N–H and O–H groups in total. The van der Waals surface area contributed by atoms with E-state index < -0.39 is 0 Å². The van der Waals surface area contributed by atoms with Crippen molar-refractivity contribution in [2.75, 3.05) is 26.7 Å². The molecule has 2 aromatic carbocycles. The third kappa shape index (κ3) is 4.43. The predicted octanol–water partition coefficient (Wildman–Crippen LogP) is 3.77. The maximum absolute atomic E-state index is 9.79. The molecule has 4 heteroatoms. The van der Waals surface area contributed by atoms with E-state index in [9.17, 15) is 5.26 Å². The molecule has 136 valence electrons. The van der Waals surface area contributed by atoms with Gasteiger partial charge in [0.2, 0.25) is 0 Å². The van der Waals surface area contributed by atoms with Crippen LogP contribution in [0.4, 0.5) is 0 Å². The smallest absolute Gasteiger partial charge is 0.124 e. The van der Waals surface area contributed by atoms with E-state index in [4.69, 9.17) is 4.74 Å². The summed E-state index contributed by atoms with van der Waals surface area (Å²) in [5, 5.41) is 9.79. The van der Waals surface area contributed by atoms with Gasteiger partial charge in [-0.3, -0.25) is 4.90 Å². The van der Waals surface area contributed by atoms with E-state index in [1.807, 2.05) is 24.3 Å². The largest absolute Gasteiger partial charge is 0.489 e. The van der Waals surface area contributed by atoms with E-state index in [0.717, 1.165) is 36.5 Å². The number of nitriles is 1. The quantitative estimate of drug-likeness (QED) is 0.824. The Balaban J connectivity index is 1.71. The molecule has 0 bridgehead atoms. The summed E-state index contributed by atoms with van der Waals surface area (Å²) < 4.78 is 5.96. The lowest BCUT2D eigenvalue weighted by Gasteiger charge is -2.40. The van der Waals surface area contributed by atoms with Crippen molar-refractivity contribution in [2.24, 2.45) is 0 Å². The number of nitrogens with zero attached hydrogens (tertiary/aromatic N) is 3. The Hall–Kier alpha value is -2.35. The van der Waals surface area contributed by atoms with Gasteiger partial charge in [0.1, 0.15) is 18.4 Å². The van der Waals surface area contributed by atoms with Gasteiger partial charge in [-0.1, -0.05) is 42.0 Å². The highest BCUT2D eigenvalue weighted by Gasteiger charge is 2.29. The molecular formula is C22H27N3O. The molecule has 1 fully saturated rings. The number of likely N-dealkylation sites (N-methyl/N-ethyl adjacent to an activating group) is 1. The summed E-state index contributed by atoms with van der Waals surface area (Å²) in [6.07, 6.45) is 0. The molecule has 2 unspecified atom stereocenters. The number of hydrogen-bond donors (Lipinski definition) is 0. The summed E-state index contributed by atoms with van der Waals surface area (Å²) in [6, 6.07) is 18.9. The van der Waals surface area contributed by atoms with Crippen molar-refractivity contribution in [3.8, 4) is 11.8 Å². The minimum atomic E-state index is -0.235. The van der Waals surface area contributed by atoms with Gasteiger partial charge < -0.3 is 9.64 Å². The first-order valence-corrected chi connectivity index (χ1v) is 9.19. The normalized spacial score (nSPS) is 19.7. The van der Waals surface area contributed by atoms with E-state index >= 15 is 0 Å². The first kappa shape index (κ1) is 18.4. The van der Waals surface area contributed by atoms with Crippen molar-refractivity contribution < 1.29 is 4.74 Å². The monoisotopic (exact) mass is 349 g/mol. The van der Waals surface area contributed by atoms with Crippen LogP contribution in [0.2, 0.25) is 0 Å². The second kappa shape index (κ2) is 8.35. The molecule has 1 aliphatic rings. The van der Waals surface area contributed by atoms with E-state index in [0.29, 0.717) is 12.6 Å². The molecule has 1 heterocycles. The molecule has 0 spiro atoms. The molecule has 0 aliphatic carbocycles. The predicted molar refractivity (Wildman–Crippen MR) is 104 cm³/mol. The van der Waals surface area contributed by atoms with E-state index in [-0.39, 0.29) is 6.04 Å². The Labute approximate surface area is 156 Å². The summed E-state index contributed by atoms with van der Waals surface area (Å²) in [5.74, 6) is 0.810. The van der Waals surface area contributed by atoms with Gasteiger partial charge in [-0.2, -0.15) is 5.26 Å². The Morgan fingerprint density at radius 2 is 1.96 bits per heavy atom. The maximum atomic E-state index is 9.79. The fourth-order valence-corrected chi connectivity index (χ4v) is 3.50. The van der Waals surface area contributed by atoms with Crippen LogP contribution in [-0.2, 0) is 6.61 Å². The Morgan fingerprint density at radius 3 is 2.65 bits per heavy atom. The van der Waals surface area contributed by atoms with Crippen molar-refractivity contribution in [3.05, 3.63) is 65.2 Å². The Morgan fingerprint density at radius 1 is 1.19 bits per heavy atom. The Kier molecular flexibility index (Phi) is 5.92. The highest BCUT2D eigenvalue weighted by molar-refractivity contribution is 5.34. The van der Waals surface area contributed by atoms with E-state index in [1.165, 1.54) is 5.56 Å². The fourth-order valence-electron chi connectivity index (χ4n) is 3.50. The van der Waals surface area contributed by atoms with Crippen molar-refractivity contribution in [1.29, 1.82) is 5.26 Å². The highest BCUT2D eigenvalue weighted by Crippen LogP contribution is 2.27. The van der Waals surface area contributed by atoms with Crippen LogP contribution >= 0.6 is 0 Å². The molecule has 26 heavy (non-hydrogen) atoms. The molecule has 0 aromatic heterocycles. The first-order valence-electron chi connectivity index (χ1n) is 9.19. The summed E-state index contributed by atoms with van der Waals surface area (Å²) in [5.41, 5.74) is 3.39. The molecule has 2 atom stereocenters.